The Bertz CT molecular complexity index is 520. The number of benzene rings is 1. The molecule has 4 N–H and O–H groups in total. The van der Waals surface area contributed by atoms with Gasteiger partial charge in [0.25, 0.3) is 0 Å². The molecular formula is C12H11N3O2. The molecule has 5 nitrogen and oxygen atoms in total. The van der Waals surface area contributed by atoms with E-state index in [4.69, 9.17) is 5.41 Å². The fourth-order valence-electron chi connectivity index (χ4n) is 1.43. The van der Waals surface area contributed by atoms with Gasteiger partial charge in [-0.05, 0) is 24.3 Å². The maximum Gasteiger partial charge on any atom is 0.137 e. The fourth-order valence-corrected chi connectivity index (χ4v) is 1.43. The van der Waals surface area contributed by atoms with Crippen LogP contribution in [0.15, 0.2) is 42.7 Å². The summed E-state index contributed by atoms with van der Waals surface area (Å²) in [6.07, 6.45) is 3.16. The summed E-state index contributed by atoms with van der Waals surface area (Å²) in [5.41, 5.74) is 0.677. The molecule has 0 aliphatic heterocycles. The second-order valence-corrected chi connectivity index (χ2v) is 3.41. The summed E-state index contributed by atoms with van der Waals surface area (Å²) in [4.78, 5) is 3.89. The second kappa shape index (κ2) is 4.52. The highest BCUT2D eigenvalue weighted by Gasteiger charge is 2.12. The normalized spacial score (nSPS) is 9.88. The molecule has 0 fully saturated rings. The summed E-state index contributed by atoms with van der Waals surface area (Å²) >= 11 is 0. The molecule has 2 rings (SSSR count). The average molecular weight is 229 g/mol. The van der Waals surface area contributed by atoms with Gasteiger partial charge in [0.15, 0.2) is 0 Å². The Morgan fingerprint density at radius 1 is 1.12 bits per heavy atom. The van der Waals surface area contributed by atoms with Crippen LogP contribution < -0.4 is 5.32 Å². The van der Waals surface area contributed by atoms with E-state index in [1.807, 2.05) is 0 Å². The van der Waals surface area contributed by atoms with Crippen molar-refractivity contribution in [2.75, 3.05) is 5.32 Å². The Morgan fingerprint density at radius 3 is 2.41 bits per heavy atom. The summed E-state index contributed by atoms with van der Waals surface area (Å²) in [5, 5.41) is 29.7. The van der Waals surface area contributed by atoms with Crippen LogP contribution in [0.4, 0.5) is 5.69 Å². The van der Waals surface area contributed by atoms with E-state index in [1.54, 1.807) is 24.5 Å². The first-order chi connectivity index (χ1) is 8.18. The Balaban J connectivity index is 2.27. The van der Waals surface area contributed by atoms with Crippen LogP contribution in [0.3, 0.4) is 0 Å². The van der Waals surface area contributed by atoms with Gasteiger partial charge in [0.2, 0.25) is 0 Å². The van der Waals surface area contributed by atoms with Crippen LogP contribution in [-0.2, 0) is 0 Å². The predicted octanol–water partition coefficient (Wildman–Crippen LogP) is 1.93. The van der Waals surface area contributed by atoms with E-state index in [0.717, 1.165) is 0 Å². The van der Waals surface area contributed by atoms with E-state index in [0.29, 0.717) is 5.69 Å². The molecule has 0 saturated carbocycles. The Labute approximate surface area is 97.9 Å². The van der Waals surface area contributed by atoms with Crippen LogP contribution in [-0.4, -0.2) is 21.0 Å². The lowest BCUT2D eigenvalue weighted by atomic mass is 10.1. The number of hydrogen-bond donors (Lipinski definition) is 4. The van der Waals surface area contributed by atoms with E-state index in [1.165, 1.54) is 18.2 Å². The lowest BCUT2D eigenvalue weighted by molar-refractivity contribution is 0.448. The highest BCUT2D eigenvalue weighted by molar-refractivity contribution is 6.09. The SMILES string of the molecule is N=C(Nc1cccnc1)c1c(O)cccc1O. The number of amidine groups is 1. The van der Waals surface area contributed by atoms with Gasteiger partial charge in [-0.2, -0.15) is 0 Å². The van der Waals surface area contributed by atoms with Gasteiger partial charge >= 0.3 is 0 Å². The molecule has 0 spiro atoms. The molecule has 0 unspecified atom stereocenters. The maximum absolute atomic E-state index is 9.58. The topological polar surface area (TPSA) is 89.2 Å². The standard InChI is InChI=1S/C12H11N3O2/c13-12(15-8-3-2-6-14-7-8)11-9(16)4-1-5-10(11)17/h1-7,16-17H,(H2,13,15). The fraction of sp³-hybridized carbons (Fsp3) is 0. The molecule has 0 amide bonds. The molecule has 17 heavy (non-hydrogen) atoms. The van der Waals surface area contributed by atoms with E-state index in [2.05, 4.69) is 10.3 Å². The van der Waals surface area contributed by atoms with Gasteiger partial charge in [-0.15, -0.1) is 0 Å². The van der Waals surface area contributed by atoms with Gasteiger partial charge in [-0.1, -0.05) is 6.07 Å². The van der Waals surface area contributed by atoms with Crippen LogP contribution in [0.25, 0.3) is 0 Å². The molecule has 2 aromatic rings. The zero-order valence-corrected chi connectivity index (χ0v) is 8.88. The van der Waals surface area contributed by atoms with Crippen LogP contribution in [0.1, 0.15) is 5.56 Å². The van der Waals surface area contributed by atoms with Crippen molar-refractivity contribution in [1.29, 1.82) is 5.41 Å². The summed E-state index contributed by atoms with van der Waals surface area (Å²) in [5.74, 6) is -0.383. The molecule has 1 heterocycles. The summed E-state index contributed by atoms with van der Waals surface area (Å²) < 4.78 is 0. The van der Waals surface area contributed by atoms with Crippen molar-refractivity contribution >= 4 is 11.5 Å². The van der Waals surface area contributed by atoms with Crippen molar-refractivity contribution in [2.24, 2.45) is 0 Å². The molecule has 1 aromatic heterocycles. The van der Waals surface area contributed by atoms with Crippen molar-refractivity contribution in [1.82, 2.24) is 4.98 Å². The van der Waals surface area contributed by atoms with Crippen LogP contribution in [0.2, 0.25) is 0 Å². The number of hydrogen-bond acceptors (Lipinski definition) is 4. The molecule has 0 aliphatic rings. The number of pyridine rings is 1. The van der Waals surface area contributed by atoms with E-state index >= 15 is 0 Å². The number of nitrogens with one attached hydrogen (secondary N) is 2. The van der Waals surface area contributed by atoms with Gasteiger partial charge in [0, 0.05) is 6.20 Å². The monoisotopic (exact) mass is 229 g/mol. The molecule has 1 aromatic carbocycles. The molecular weight excluding hydrogens is 218 g/mol. The zero-order valence-electron chi connectivity index (χ0n) is 8.88. The lowest BCUT2D eigenvalue weighted by Gasteiger charge is -2.10. The number of aromatic hydroxyl groups is 2. The van der Waals surface area contributed by atoms with Gasteiger partial charge in [0.05, 0.1) is 11.9 Å². The third-order valence-electron chi connectivity index (χ3n) is 2.20. The molecule has 86 valence electrons. The van der Waals surface area contributed by atoms with Gasteiger partial charge in [0.1, 0.15) is 22.9 Å². The predicted molar refractivity (Wildman–Crippen MR) is 64.5 cm³/mol. The minimum atomic E-state index is -0.147. The number of rotatable bonds is 2. The molecule has 0 bridgehead atoms. The zero-order chi connectivity index (χ0) is 12.3. The third-order valence-corrected chi connectivity index (χ3v) is 2.20. The van der Waals surface area contributed by atoms with Crippen LogP contribution >= 0.6 is 0 Å². The second-order valence-electron chi connectivity index (χ2n) is 3.41. The van der Waals surface area contributed by atoms with Crippen LogP contribution in [0, 0.1) is 5.41 Å². The van der Waals surface area contributed by atoms with E-state index < -0.39 is 0 Å². The number of nitrogens with zero attached hydrogens (tertiary/aromatic N) is 1. The number of anilines is 1. The number of phenols is 2. The third kappa shape index (κ3) is 2.34. The van der Waals surface area contributed by atoms with E-state index in [9.17, 15) is 10.2 Å². The molecule has 0 radical (unpaired) electrons. The number of aromatic nitrogens is 1. The lowest BCUT2D eigenvalue weighted by Crippen LogP contribution is -2.12. The van der Waals surface area contributed by atoms with Crippen LogP contribution in [0.5, 0.6) is 11.5 Å². The Hall–Kier alpha value is -2.56. The average Bonchev–Trinajstić information content (AvgIpc) is 2.30. The smallest absolute Gasteiger partial charge is 0.137 e. The summed E-state index contributed by atoms with van der Waals surface area (Å²) in [7, 11) is 0. The molecule has 0 atom stereocenters. The number of phenolic OH excluding ortho intramolecular Hbond substituents is 2. The first-order valence-corrected chi connectivity index (χ1v) is 4.95. The van der Waals surface area contributed by atoms with Gasteiger partial charge in [-0.3, -0.25) is 10.4 Å². The minimum absolute atomic E-state index is 0.0661. The quantitative estimate of drug-likeness (QED) is 0.468. The molecule has 0 saturated heterocycles. The first-order valence-electron chi connectivity index (χ1n) is 4.95. The van der Waals surface area contributed by atoms with Crippen molar-refractivity contribution < 1.29 is 10.2 Å². The van der Waals surface area contributed by atoms with Gasteiger partial charge < -0.3 is 15.5 Å². The molecule has 5 heteroatoms. The van der Waals surface area contributed by atoms with Crippen molar-refractivity contribution in [3.63, 3.8) is 0 Å². The minimum Gasteiger partial charge on any atom is -0.507 e. The largest absolute Gasteiger partial charge is 0.507 e. The van der Waals surface area contributed by atoms with Crippen molar-refractivity contribution in [2.45, 2.75) is 0 Å². The summed E-state index contributed by atoms with van der Waals surface area (Å²) in [6, 6.07) is 7.79. The molecule has 0 aliphatic carbocycles. The Kier molecular flexibility index (Phi) is 2.91. The van der Waals surface area contributed by atoms with Crippen molar-refractivity contribution in [3.8, 4) is 11.5 Å². The highest BCUT2D eigenvalue weighted by Crippen LogP contribution is 2.26. The summed E-state index contributed by atoms with van der Waals surface area (Å²) in [6.45, 7) is 0. The highest BCUT2D eigenvalue weighted by atomic mass is 16.3. The maximum atomic E-state index is 9.58. The first kappa shape index (κ1) is 10.9. The van der Waals surface area contributed by atoms with Crippen molar-refractivity contribution in [3.05, 3.63) is 48.3 Å². The van der Waals surface area contributed by atoms with Gasteiger partial charge in [-0.25, -0.2) is 0 Å². The Morgan fingerprint density at radius 2 is 1.82 bits per heavy atom. The van der Waals surface area contributed by atoms with E-state index in [-0.39, 0.29) is 22.9 Å².